The summed E-state index contributed by atoms with van der Waals surface area (Å²) in [6.07, 6.45) is 0.361. The lowest BCUT2D eigenvalue weighted by atomic mass is 10.3. The third kappa shape index (κ3) is 3.39. The van der Waals surface area contributed by atoms with Crippen LogP contribution < -0.4 is 14.2 Å². The minimum atomic E-state index is 0.361. The molecule has 1 aromatic rings. The fourth-order valence-corrected chi connectivity index (χ4v) is 1.08. The van der Waals surface area contributed by atoms with Crippen LogP contribution >= 0.6 is 0 Å². The number of nitriles is 1. The number of ether oxygens (including phenoxy) is 3. The van der Waals surface area contributed by atoms with Crippen LogP contribution in [0.4, 0.5) is 0 Å². The molecule has 0 bridgehead atoms. The molecule has 0 amide bonds. The van der Waals surface area contributed by atoms with Crippen molar-refractivity contribution in [3.8, 4) is 23.3 Å². The van der Waals surface area contributed by atoms with Crippen LogP contribution in [0.15, 0.2) is 18.2 Å². The van der Waals surface area contributed by atoms with Crippen molar-refractivity contribution in [3.63, 3.8) is 0 Å². The predicted molar refractivity (Wildman–Crippen MR) is 55.3 cm³/mol. The van der Waals surface area contributed by atoms with Gasteiger partial charge < -0.3 is 14.2 Å². The van der Waals surface area contributed by atoms with Gasteiger partial charge in [-0.05, 0) is 0 Å². The number of hydrogen-bond acceptors (Lipinski definition) is 4. The molecular formula is C11H13NO3. The molecule has 0 aliphatic carbocycles. The second kappa shape index (κ2) is 5.76. The summed E-state index contributed by atoms with van der Waals surface area (Å²) in [5.74, 6) is 1.98. The molecule has 0 saturated carbocycles. The Hall–Kier alpha value is -1.89. The average molecular weight is 207 g/mol. The van der Waals surface area contributed by atoms with Gasteiger partial charge in [0, 0.05) is 18.2 Å². The van der Waals surface area contributed by atoms with Crippen LogP contribution in [0.1, 0.15) is 6.42 Å². The maximum Gasteiger partial charge on any atom is 0.126 e. The Kier molecular flexibility index (Phi) is 4.30. The zero-order chi connectivity index (χ0) is 11.1. The van der Waals surface area contributed by atoms with Crippen LogP contribution in [0, 0.1) is 11.3 Å². The van der Waals surface area contributed by atoms with Crippen LogP contribution in [0.5, 0.6) is 17.2 Å². The zero-order valence-electron chi connectivity index (χ0n) is 8.82. The van der Waals surface area contributed by atoms with Crippen LogP contribution in [0.25, 0.3) is 0 Å². The molecule has 15 heavy (non-hydrogen) atoms. The maximum atomic E-state index is 8.37. The van der Waals surface area contributed by atoms with E-state index >= 15 is 0 Å². The number of rotatable bonds is 5. The molecule has 0 aliphatic heterocycles. The Morgan fingerprint density at radius 2 is 1.60 bits per heavy atom. The number of methoxy groups -OCH3 is 2. The Balaban J connectivity index is 2.74. The molecule has 0 saturated heterocycles. The van der Waals surface area contributed by atoms with Crippen molar-refractivity contribution < 1.29 is 14.2 Å². The molecule has 4 nitrogen and oxygen atoms in total. The highest BCUT2D eigenvalue weighted by Crippen LogP contribution is 2.27. The minimum absolute atomic E-state index is 0.361. The van der Waals surface area contributed by atoms with Gasteiger partial charge in [-0.2, -0.15) is 5.26 Å². The summed E-state index contributed by atoms with van der Waals surface area (Å²) in [5.41, 5.74) is 0. The molecule has 0 radical (unpaired) electrons. The molecule has 1 aromatic carbocycles. The van der Waals surface area contributed by atoms with Crippen molar-refractivity contribution in [1.29, 1.82) is 5.26 Å². The first-order valence-corrected chi connectivity index (χ1v) is 4.53. The van der Waals surface area contributed by atoms with Crippen molar-refractivity contribution in [2.75, 3.05) is 20.8 Å². The van der Waals surface area contributed by atoms with Gasteiger partial charge in [-0.15, -0.1) is 0 Å². The van der Waals surface area contributed by atoms with Crippen LogP contribution in [-0.2, 0) is 0 Å². The molecule has 0 atom stereocenters. The molecule has 0 spiro atoms. The zero-order valence-corrected chi connectivity index (χ0v) is 8.82. The third-order valence-corrected chi connectivity index (χ3v) is 1.81. The summed E-state index contributed by atoms with van der Waals surface area (Å²) in [5, 5.41) is 8.37. The van der Waals surface area contributed by atoms with Crippen molar-refractivity contribution in [3.05, 3.63) is 18.2 Å². The lowest BCUT2D eigenvalue weighted by molar-refractivity contribution is 0.319. The fourth-order valence-electron chi connectivity index (χ4n) is 1.08. The van der Waals surface area contributed by atoms with Gasteiger partial charge in [0.15, 0.2) is 0 Å². The third-order valence-electron chi connectivity index (χ3n) is 1.81. The second-order valence-corrected chi connectivity index (χ2v) is 2.80. The maximum absolute atomic E-state index is 8.37. The van der Waals surface area contributed by atoms with Gasteiger partial charge in [0.25, 0.3) is 0 Å². The summed E-state index contributed by atoms with van der Waals surface area (Å²) in [6.45, 7) is 0.368. The normalized spacial score (nSPS) is 9.13. The van der Waals surface area contributed by atoms with Crippen LogP contribution in [0.2, 0.25) is 0 Å². The molecule has 4 heteroatoms. The quantitative estimate of drug-likeness (QED) is 0.693. The topological polar surface area (TPSA) is 51.5 Å². The first kappa shape index (κ1) is 11.2. The molecule has 0 fully saturated rings. The van der Waals surface area contributed by atoms with E-state index in [-0.39, 0.29) is 0 Å². The molecule has 0 unspecified atom stereocenters. The summed E-state index contributed by atoms with van der Waals surface area (Å²) in [7, 11) is 3.15. The van der Waals surface area contributed by atoms with E-state index in [1.807, 2.05) is 6.07 Å². The fraction of sp³-hybridized carbons (Fsp3) is 0.364. The van der Waals surface area contributed by atoms with E-state index in [0.717, 1.165) is 0 Å². The first-order chi connectivity index (χ1) is 7.30. The Morgan fingerprint density at radius 1 is 1.07 bits per heavy atom. The average Bonchev–Trinajstić information content (AvgIpc) is 2.29. The Morgan fingerprint density at radius 3 is 2.07 bits per heavy atom. The van der Waals surface area contributed by atoms with Crippen molar-refractivity contribution in [2.45, 2.75) is 6.42 Å². The second-order valence-electron chi connectivity index (χ2n) is 2.80. The van der Waals surface area contributed by atoms with E-state index in [4.69, 9.17) is 19.5 Å². The highest BCUT2D eigenvalue weighted by atomic mass is 16.5. The van der Waals surface area contributed by atoms with E-state index in [1.165, 1.54) is 0 Å². The smallest absolute Gasteiger partial charge is 0.126 e. The van der Waals surface area contributed by atoms with Crippen molar-refractivity contribution >= 4 is 0 Å². The lowest BCUT2D eigenvalue weighted by Gasteiger charge is -2.08. The number of benzene rings is 1. The molecule has 0 heterocycles. The molecular weight excluding hydrogens is 194 g/mol. The van der Waals surface area contributed by atoms with E-state index in [0.29, 0.717) is 30.3 Å². The standard InChI is InChI=1S/C11H13NO3/c1-13-9-6-10(14-2)8-11(7-9)15-5-3-4-12/h6-8H,3,5H2,1-2H3. The SMILES string of the molecule is COc1cc(OC)cc(OCCC#N)c1. The summed E-state index contributed by atoms with van der Waals surface area (Å²) >= 11 is 0. The van der Waals surface area contributed by atoms with E-state index in [1.54, 1.807) is 32.4 Å². The molecule has 80 valence electrons. The van der Waals surface area contributed by atoms with Crippen molar-refractivity contribution in [1.82, 2.24) is 0 Å². The van der Waals surface area contributed by atoms with Crippen LogP contribution in [-0.4, -0.2) is 20.8 Å². The lowest BCUT2D eigenvalue weighted by Crippen LogP contribution is -1.97. The van der Waals surface area contributed by atoms with E-state index in [9.17, 15) is 0 Å². The minimum Gasteiger partial charge on any atom is -0.496 e. The van der Waals surface area contributed by atoms with Gasteiger partial charge in [0.1, 0.15) is 23.9 Å². The van der Waals surface area contributed by atoms with Gasteiger partial charge in [0.05, 0.1) is 26.7 Å². The highest BCUT2D eigenvalue weighted by Gasteiger charge is 2.02. The Labute approximate surface area is 89.0 Å². The van der Waals surface area contributed by atoms with E-state index < -0.39 is 0 Å². The van der Waals surface area contributed by atoms with Crippen molar-refractivity contribution in [2.24, 2.45) is 0 Å². The van der Waals surface area contributed by atoms with Gasteiger partial charge in [-0.1, -0.05) is 0 Å². The number of hydrogen-bond donors (Lipinski definition) is 0. The van der Waals surface area contributed by atoms with Gasteiger partial charge in [0.2, 0.25) is 0 Å². The largest absolute Gasteiger partial charge is 0.496 e. The Bertz CT molecular complexity index is 335. The first-order valence-electron chi connectivity index (χ1n) is 4.53. The van der Waals surface area contributed by atoms with E-state index in [2.05, 4.69) is 0 Å². The van der Waals surface area contributed by atoms with Gasteiger partial charge in [-0.25, -0.2) is 0 Å². The predicted octanol–water partition coefficient (Wildman–Crippen LogP) is 2.00. The summed E-state index contributed by atoms with van der Waals surface area (Å²) in [6, 6.07) is 7.27. The molecule has 0 aromatic heterocycles. The molecule has 1 rings (SSSR count). The van der Waals surface area contributed by atoms with Crippen LogP contribution in [0.3, 0.4) is 0 Å². The summed E-state index contributed by atoms with van der Waals surface area (Å²) < 4.78 is 15.5. The number of nitrogens with zero attached hydrogens (tertiary/aromatic N) is 1. The monoisotopic (exact) mass is 207 g/mol. The summed E-state index contributed by atoms with van der Waals surface area (Å²) in [4.78, 5) is 0. The van der Waals surface area contributed by atoms with Gasteiger partial charge in [-0.3, -0.25) is 0 Å². The highest BCUT2D eigenvalue weighted by molar-refractivity contribution is 5.41. The molecule has 0 N–H and O–H groups in total. The van der Waals surface area contributed by atoms with Gasteiger partial charge >= 0.3 is 0 Å². The molecule has 0 aliphatic rings.